The van der Waals surface area contributed by atoms with E-state index in [1.807, 2.05) is 26.1 Å². The fourth-order valence-corrected chi connectivity index (χ4v) is 2.05. The minimum atomic E-state index is 0.655. The van der Waals surface area contributed by atoms with Crippen LogP contribution >= 0.6 is 23.1 Å². The predicted molar refractivity (Wildman–Crippen MR) is 63.5 cm³/mol. The number of aromatic nitrogens is 2. The summed E-state index contributed by atoms with van der Waals surface area (Å²) in [5, 5.41) is 3.97. The minimum absolute atomic E-state index is 0.655. The molecule has 0 bridgehead atoms. The summed E-state index contributed by atoms with van der Waals surface area (Å²) < 4.78 is 9.95. The second kappa shape index (κ2) is 4.95. The molecule has 4 nitrogen and oxygen atoms in total. The van der Waals surface area contributed by atoms with Crippen LogP contribution in [-0.4, -0.2) is 21.5 Å². The zero-order valence-electron chi connectivity index (χ0n) is 9.11. The fourth-order valence-electron chi connectivity index (χ4n) is 1.44. The molecule has 86 valence electrons. The first kappa shape index (κ1) is 11.6. The van der Waals surface area contributed by atoms with Gasteiger partial charge in [0.05, 0.1) is 6.54 Å². The molecule has 0 aromatic carbocycles. The second-order valence-electron chi connectivity index (χ2n) is 3.68. The van der Waals surface area contributed by atoms with Crippen LogP contribution in [0, 0.1) is 6.92 Å². The van der Waals surface area contributed by atoms with Gasteiger partial charge in [0.25, 0.3) is 0 Å². The van der Waals surface area contributed by atoms with Gasteiger partial charge in [0.15, 0.2) is 0 Å². The van der Waals surface area contributed by atoms with Crippen molar-refractivity contribution in [2.75, 3.05) is 7.05 Å². The van der Waals surface area contributed by atoms with Crippen molar-refractivity contribution in [1.29, 1.82) is 0 Å². The highest BCUT2D eigenvalue weighted by Crippen LogP contribution is 2.19. The lowest BCUT2D eigenvalue weighted by molar-refractivity contribution is 0.282. The monoisotopic (exact) mass is 257 g/mol. The molecule has 0 saturated carbocycles. The first-order valence-corrected chi connectivity index (χ1v) is 6.01. The highest BCUT2D eigenvalue weighted by molar-refractivity contribution is 7.10. The summed E-state index contributed by atoms with van der Waals surface area (Å²) in [7, 11) is 1.99. The van der Waals surface area contributed by atoms with Crippen LogP contribution < -0.4 is 0 Å². The van der Waals surface area contributed by atoms with E-state index in [1.54, 1.807) is 0 Å². The van der Waals surface area contributed by atoms with Crippen molar-refractivity contribution in [1.82, 2.24) is 14.5 Å². The topological polar surface area (TPSA) is 42.2 Å². The summed E-state index contributed by atoms with van der Waals surface area (Å²) in [6.07, 6.45) is 0. The quantitative estimate of drug-likeness (QED) is 0.845. The van der Waals surface area contributed by atoms with E-state index in [0.717, 1.165) is 23.8 Å². The Hall–Kier alpha value is -0.910. The maximum Gasteiger partial charge on any atom is 0.138 e. The molecule has 0 N–H and O–H groups in total. The lowest BCUT2D eigenvalue weighted by Gasteiger charge is -2.13. The Bertz CT molecular complexity index is 468. The van der Waals surface area contributed by atoms with E-state index in [4.69, 9.17) is 16.0 Å². The summed E-state index contributed by atoms with van der Waals surface area (Å²) in [5.41, 5.74) is 0.817. The molecule has 0 atom stereocenters. The van der Waals surface area contributed by atoms with Crippen LogP contribution in [0.4, 0.5) is 0 Å². The highest BCUT2D eigenvalue weighted by Gasteiger charge is 2.10. The van der Waals surface area contributed by atoms with Crippen LogP contribution in [0.3, 0.4) is 0 Å². The molecule has 16 heavy (non-hydrogen) atoms. The first-order valence-electron chi connectivity index (χ1n) is 4.85. The average Bonchev–Trinajstić information content (AvgIpc) is 2.77. The van der Waals surface area contributed by atoms with Crippen molar-refractivity contribution in [3.63, 3.8) is 0 Å². The van der Waals surface area contributed by atoms with Gasteiger partial charge in [-0.1, -0.05) is 16.1 Å². The molecule has 0 radical (unpaired) electrons. The van der Waals surface area contributed by atoms with E-state index in [-0.39, 0.29) is 0 Å². The number of furan rings is 1. The Morgan fingerprint density at radius 3 is 2.81 bits per heavy atom. The van der Waals surface area contributed by atoms with E-state index >= 15 is 0 Å². The van der Waals surface area contributed by atoms with E-state index in [1.165, 1.54) is 11.5 Å². The van der Waals surface area contributed by atoms with Crippen molar-refractivity contribution in [2.24, 2.45) is 0 Å². The van der Waals surface area contributed by atoms with Gasteiger partial charge in [0.2, 0.25) is 0 Å². The molecule has 0 aliphatic carbocycles. The molecule has 0 fully saturated rings. The van der Waals surface area contributed by atoms with Crippen molar-refractivity contribution in [2.45, 2.75) is 20.0 Å². The Morgan fingerprint density at radius 2 is 2.25 bits per heavy atom. The molecule has 0 saturated heterocycles. The largest absolute Gasteiger partial charge is 0.465 e. The van der Waals surface area contributed by atoms with Gasteiger partial charge in [-0.15, -0.1) is 5.10 Å². The normalized spacial score (nSPS) is 11.2. The number of rotatable bonds is 4. The van der Waals surface area contributed by atoms with Crippen LogP contribution in [0.25, 0.3) is 0 Å². The van der Waals surface area contributed by atoms with Crippen molar-refractivity contribution >= 4 is 23.1 Å². The van der Waals surface area contributed by atoms with Crippen molar-refractivity contribution < 1.29 is 4.42 Å². The van der Waals surface area contributed by atoms with Gasteiger partial charge in [-0.2, -0.15) is 0 Å². The first-order chi connectivity index (χ1) is 7.65. The molecule has 2 aromatic heterocycles. The zero-order chi connectivity index (χ0) is 11.5. The molecule has 2 rings (SSSR count). The Morgan fingerprint density at radius 1 is 1.44 bits per heavy atom. The molecule has 0 aliphatic rings. The van der Waals surface area contributed by atoms with Gasteiger partial charge in [-0.3, -0.25) is 4.90 Å². The second-order valence-corrected chi connectivity index (χ2v) is 5.03. The molecular weight excluding hydrogens is 246 g/mol. The molecule has 0 unspecified atom stereocenters. The lowest BCUT2D eigenvalue weighted by Crippen LogP contribution is -2.17. The maximum atomic E-state index is 5.93. The summed E-state index contributed by atoms with van der Waals surface area (Å²) in [4.78, 5) is 2.08. The van der Waals surface area contributed by atoms with E-state index in [9.17, 15) is 0 Å². The van der Waals surface area contributed by atoms with Crippen molar-refractivity contribution in [3.05, 3.63) is 33.7 Å². The molecule has 0 aliphatic heterocycles. The molecule has 0 amide bonds. The third-order valence-corrected chi connectivity index (χ3v) is 3.14. The van der Waals surface area contributed by atoms with Crippen LogP contribution in [0.2, 0.25) is 4.34 Å². The number of hydrogen-bond acceptors (Lipinski definition) is 5. The number of hydrogen-bond donors (Lipinski definition) is 0. The predicted octanol–water partition coefficient (Wildman–Crippen LogP) is 2.72. The molecule has 0 spiro atoms. The fraction of sp³-hybridized carbons (Fsp3) is 0.400. The van der Waals surface area contributed by atoms with Gasteiger partial charge >= 0.3 is 0 Å². The SMILES string of the molecule is Cc1ccc(CN(C)Cc2nnsc2Cl)o1. The van der Waals surface area contributed by atoms with Gasteiger partial charge in [-0.05, 0) is 26.1 Å². The summed E-state index contributed by atoms with van der Waals surface area (Å²) in [6.45, 7) is 3.35. The van der Waals surface area contributed by atoms with E-state index in [2.05, 4.69) is 14.5 Å². The van der Waals surface area contributed by atoms with Crippen LogP contribution in [-0.2, 0) is 13.1 Å². The van der Waals surface area contributed by atoms with Gasteiger partial charge in [0, 0.05) is 18.1 Å². The van der Waals surface area contributed by atoms with Crippen LogP contribution in [0.5, 0.6) is 0 Å². The smallest absolute Gasteiger partial charge is 0.138 e. The number of aryl methyl sites for hydroxylation is 1. The minimum Gasteiger partial charge on any atom is -0.465 e. The standard InChI is InChI=1S/C10H12ClN3OS/c1-7-3-4-8(15-7)5-14(2)6-9-10(11)16-13-12-9/h3-4H,5-6H2,1-2H3. The van der Waals surface area contributed by atoms with Crippen molar-refractivity contribution in [3.8, 4) is 0 Å². The third-order valence-electron chi connectivity index (χ3n) is 2.15. The molecule has 2 aromatic rings. The third kappa shape index (κ3) is 2.81. The Balaban J connectivity index is 1.94. The average molecular weight is 258 g/mol. The maximum absolute atomic E-state index is 5.93. The Kier molecular flexibility index (Phi) is 3.58. The number of halogens is 1. The molecule has 2 heterocycles. The van der Waals surface area contributed by atoms with Gasteiger partial charge in [0.1, 0.15) is 21.6 Å². The number of nitrogens with zero attached hydrogens (tertiary/aromatic N) is 3. The lowest BCUT2D eigenvalue weighted by atomic mass is 10.4. The summed E-state index contributed by atoms with van der Waals surface area (Å²) >= 11 is 7.15. The van der Waals surface area contributed by atoms with E-state index < -0.39 is 0 Å². The van der Waals surface area contributed by atoms with Crippen LogP contribution in [0.1, 0.15) is 17.2 Å². The highest BCUT2D eigenvalue weighted by atomic mass is 35.5. The Labute approximate surface area is 103 Å². The van der Waals surface area contributed by atoms with Crippen LogP contribution in [0.15, 0.2) is 16.5 Å². The van der Waals surface area contributed by atoms with E-state index in [0.29, 0.717) is 10.9 Å². The van der Waals surface area contributed by atoms with Gasteiger partial charge in [-0.25, -0.2) is 0 Å². The summed E-state index contributed by atoms with van der Waals surface area (Å²) in [6, 6.07) is 3.94. The molecule has 6 heteroatoms. The summed E-state index contributed by atoms with van der Waals surface area (Å²) in [5.74, 6) is 1.87. The zero-order valence-corrected chi connectivity index (χ0v) is 10.7. The molecular formula is C10H12ClN3OS. The van der Waals surface area contributed by atoms with Gasteiger partial charge < -0.3 is 4.42 Å².